The van der Waals surface area contributed by atoms with E-state index in [0.29, 0.717) is 21.3 Å². The molecule has 0 radical (unpaired) electrons. The van der Waals surface area contributed by atoms with Crippen molar-refractivity contribution in [1.29, 1.82) is 0 Å². The van der Waals surface area contributed by atoms with Crippen molar-refractivity contribution in [3.63, 3.8) is 0 Å². The standard InChI is InChI=1S/C13H11BCl2O3/c15-10-5-6-12(16)9(7-10)8-19-13-4-2-1-3-11(13)14(17)18/h1-7,17-18H,8H2. The normalized spacial score (nSPS) is 10.3. The van der Waals surface area contributed by atoms with Crippen molar-refractivity contribution in [3.8, 4) is 5.75 Å². The van der Waals surface area contributed by atoms with Gasteiger partial charge in [-0.1, -0.05) is 41.4 Å². The lowest BCUT2D eigenvalue weighted by molar-refractivity contribution is 0.307. The number of rotatable bonds is 4. The monoisotopic (exact) mass is 296 g/mol. The summed E-state index contributed by atoms with van der Waals surface area (Å²) < 4.78 is 5.56. The van der Waals surface area contributed by atoms with Crippen molar-refractivity contribution >= 4 is 35.8 Å². The number of halogens is 2. The molecule has 2 rings (SSSR count). The van der Waals surface area contributed by atoms with Crippen LogP contribution < -0.4 is 10.2 Å². The summed E-state index contributed by atoms with van der Waals surface area (Å²) >= 11 is 11.9. The average molecular weight is 297 g/mol. The highest BCUT2D eigenvalue weighted by Crippen LogP contribution is 2.22. The lowest BCUT2D eigenvalue weighted by Gasteiger charge is -2.12. The number of ether oxygens (including phenoxy) is 1. The SMILES string of the molecule is OB(O)c1ccccc1OCc1cc(Cl)ccc1Cl. The van der Waals surface area contributed by atoms with E-state index in [4.69, 9.17) is 27.9 Å². The van der Waals surface area contributed by atoms with Gasteiger partial charge in [-0.05, 0) is 24.3 Å². The number of para-hydroxylation sites is 1. The Morgan fingerprint density at radius 2 is 1.79 bits per heavy atom. The first kappa shape index (κ1) is 14.2. The molecule has 0 aromatic heterocycles. The van der Waals surface area contributed by atoms with Crippen LogP contribution >= 0.6 is 23.2 Å². The molecule has 2 aromatic carbocycles. The molecule has 0 atom stereocenters. The first-order chi connectivity index (χ1) is 9.08. The molecule has 98 valence electrons. The Kier molecular flexibility index (Phi) is 4.72. The van der Waals surface area contributed by atoms with Crippen molar-refractivity contribution in [2.75, 3.05) is 0 Å². The summed E-state index contributed by atoms with van der Waals surface area (Å²) in [5.41, 5.74) is 1.04. The molecule has 0 heterocycles. The summed E-state index contributed by atoms with van der Waals surface area (Å²) in [6.45, 7) is 0.198. The van der Waals surface area contributed by atoms with Gasteiger partial charge >= 0.3 is 7.12 Å². The molecular weight excluding hydrogens is 286 g/mol. The molecule has 6 heteroatoms. The molecule has 0 fully saturated rings. The Hall–Kier alpha value is -1.20. The van der Waals surface area contributed by atoms with Crippen LogP contribution in [0, 0.1) is 0 Å². The zero-order valence-corrected chi connectivity index (χ0v) is 11.4. The van der Waals surface area contributed by atoms with E-state index in [1.807, 2.05) is 0 Å². The van der Waals surface area contributed by atoms with Gasteiger partial charge in [-0.2, -0.15) is 0 Å². The van der Waals surface area contributed by atoms with Crippen molar-refractivity contribution in [2.45, 2.75) is 6.61 Å². The van der Waals surface area contributed by atoms with Crippen LogP contribution in [0.5, 0.6) is 5.75 Å². The lowest BCUT2D eigenvalue weighted by atomic mass is 9.79. The van der Waals surface area contributed by atoms with Crippen molar-refractivity contribution in [3.05, 3.63) is 58.1 Å². The van der Waals surface area contributed by atoms with Gasteiger partial charge in [0.2, 0.25) is 0 Å². The van der Waals surface area contributed by atoms with Crippen molar-refractivity contribution in [1.82, 2.24) is 0 Å². The largest absolute Gasteiger partial charge is 0.492 e. The third kappa shape index (κ3) is 3.64. The van der Waals surface area contributed by atoms with Gasteiger partial charge in [-0.3, -0.25) is 0 Å². The minimum absolute atomic E-state index is 0.198. The third-order valence-electron chi connectivity index (χ3n) is 2.59. The van der Waals surface area contributed by atoms with Gasteiger partial charge in [0.05, 0.1) is 0 Å². The van der Waals surface area contributed by atoms with Crippen LogP contribution in [-0.4, -0.2) is 17.2 Å². The van der Waals surface area contributed by atoms with Gasteiger partial charge in [0.25, 0.3) is 0 Å². The average Bonchev–Trinajstić information content (AvgIpc) is 2.40. The van der Waals surface area contributed by atoms with E-state index in [9.17, 15) is 10.0 Å². The molecule has 2 N–H and O–H groups in total. The van der Waals surface area contributed by atoms with E-state index in [0.717, 1.165) is 5.56 Å². The minimum Gasteiger partial charge on any atom is -0.489 e. The summed E-state index contributed by atoms with van der Waals surface area (Å²) in [4.78, 5) is 0. The fraction of sp³-hybridized carbons (Fsp3) is 0.0769. The second-order valence-corrected chi connectivity index (χ2v) is 4.78. The van der Waals surface area contributed by atoms with Crippen LogP contribution in [0.1, 0.15) is 5.56 Å². The Bertz CT molecular complexity index is 576. The van der Waals surface area contributed by atoms with Crippen LogP contribution in [0.15, 0.2) is 42.5 Å². The molecule has 0 aliphatic heterocycles. The summed E-state index contributed by atoms with van der Waals surface area (Å²) in [6, 6.07) is 11.8. The maximum absolute atomic E-state index is 9.23. The van der Waals surface area contributed by atoms with Crippen LogP contribution in [-0.2, 0) is 6.61 Å². The van der Waals surface area contributed by atoms with Crippen LogP contribution in [0.2, 0.25) is 10.0 Å². The van der Waals surface area contributed by atoms with Gasteiger partial charge < -0.3 is 14.8 Å². The Balaban J connectivity index is 2.17. The van der Waals surface area contributed by atoms with Crippen molar-refractivity contribution in [2.24, 2.45) is 0 Å². The summed E-state index contributed by atoms with van der Waals surface area (Å²) in [7, 11) is -1.58. The second-order valence-electron chi connectivity index (χ2n) is 3.94. The molecule has 0 saturated heterocycles. The maximum atomic E-state index is 9.23. The Morgan fingerprint density at radius 3 is 2.53 bits per heavy atom. The molecule has 19 heavy (non-hydrogen) atoms. The fourth-order valence-electron chi connectivity index (χ4n) is 1.63. The Labute approximate surface area is 121 Å². The van der Waals surface area contributed by atoms with Crippen LogP contribution in [0.25, 0.3) is 0 Å². The topological polar surface area (TPSA) is 49.7 Å². The second kappa shape index (κ2) is 6.30. The summed E-state index contributed by atoms with van der Waals surface area (Å²) in [5.74, 6) is 0.397. The molecule has 2 aromatic rings. The quantitative estimate of drug-likeness (QED) is 0.851. The van der Waals surface area contributed by atoms with E-state index < -0.39 is 7.12 Å². The fourth-order valence-corrected chi connectivity index (χ4v) is 2.00. The van der Waals surface area contributed by atoms with Crippen molar-refractivity contribution < 1.29 is 14.8 Å². The highest BCUT2D eigenvalue weighted by atomic mass is 35.5. The number of hydrogen-bond donors (Lipinski definition) is 2. The number of hydrogen-bond acceptors (Lipinski definition) is 3. The molecule has 0 bridgehead atoms. The van der Waals surface area contributed by atoms with E-state index in [1.165, 1.54) is 0 Å². The van der Waals surface area contributed by atoms with Gasteiger partial charge in [0.15, 0.2) is 0 Å². The molecule has 0 amide bonds. The molecular formula is C13H11BCl2O3. The highest BCUT2D eigenvalue weighted by molar-refractivity contribution is 6.59. The van der Waals surface area contributed by atoms with E-state index in [2.05, 4.69) is 0 Å². The molecule has 0 aliphatic carbocycles. The third-order valence-corrected chi connectivity index (χ3v) is 3.19. The summed E-state index contributed by atoms with van der Waals surface area (Å²) in [5, 5.41) is 19.6. The first-order valence-corrected chi connectivity index (χ1v) is 6.35. The lowest BCUT2D eigenvalue weighted by Crippen LogP contribution is -2.31. The Morgan fingerprint density at radius 1 is 1.05 bits per heavy atom. The molecule has 0 saturated carbocycles. The molecule has 0 unspecified atom stereocenters. The van der Waals surface area contributed by atoms with E-state index in [1.54, 1.807) is 42.5 Å². The summed E-state index contributed by atoms with van der Waals surface area (Å²) in [6.07, 6.45) is 0. The van der Waals surface area contributed by atoms with Gasteiger partial charge in [-0.15, -0.1) is 0 Å². The minimum atomic E-state index is -1.58. The highest BCUT2D eigenvalue weighted by Gasteiger charge is 2.16. The predicted octanol–water partition coefficient (Wildman–Crippen LogP) is 2.25. The maximum Gasteiger partial charge on any atom is 0.492 e. The van der Waals surface area contributed by atoms with E-state index >= 15 is 0 Å². The van der Waals surface area contributed by atoms with E-state index in [-0.39, 0.29) is 6.61 Å². The number of benzene rings is 2. The first-order valence-electron chi connectivity index (χ1n) is 5.59. The van der Waals surface area contributed by atoms with Gasteiger partial charge in [0.1, 0.15) is 12.4 Å². The van der Waals surface area contributed by atoms with Crippen LogP contribution in [0.4, 0.5) is 0 Å². The smallest absolute Gasteiger partial charge is 0.489 e. The van der Waals surface area contributed by atoms with Gasteiger partial charge in [0, 0.05) is 21.1 Å². The zero-order chi connectivity index (χ0) is 13.8. The molecule has 3 nitrogen and oxygen atoms in total. The predicted molar refractivity (Wildman–Crippen MR) is 77.1 cm³/mol. The zero-order valence-electron chi connectivity index (χ0n) is 9.88. The van der Waals surface area contributed by atoms with Gasteiger partial charge in [-0.25, -0.2) is 0 Å². The molecule has 0 aliphatic rings. The van der Waals surface area contributed by atoms with Crippen LogP contribution in [0.3, 0.4) is 0 Å². The molecule has 0 spiro atoms.